The van der Waals surface area contributed by atoms with Gasteiger partial charge in [-0.05, 0) is 11.6 Å². The molecule has 1 aromatic rings. The number of benzene rings is 1. The van der Waals surface area contributed by atoms with E-state index in [1.165, 1.54) is 0 Å². The predicted molar refractivity (Wildman–Crippen MR) is 72.2 cm³/mol. The van der Waals surface area contributed by atoms with Crippen LogP contribution in [0.1, 0.15) is 5.56 Å². The average Bonchev–Trinajstić information content (AvgIpc) is 2.73. The molecule has 108 valence electrons. The smallest absolute Gasteiger partial charge is 0.324 e. The molecule has 1 aromatic carbocycles. The van der Waals surface area contributed by atoms with Crippen molar-refractivity contribution in [1.82, 2.24) is 10.2 Å². The number of rotatable bonds is 6. The van der Waals surface area contributed by atoms with E-state index in [1.807, 2.05) is 18.2 Å². The van der Waals surface area contributed by atoms with E-state index in [2.05, 4.69) is 5.32 Å². The van der Waals surface area contributed by atoms with E-state index in [0.29, 0.717) is 5.02 Å². The summed E-state index contributed by atoms with van der Waals surface area (Å²) in [6, 6.07) is 6.75. The fourth-order valence-corrected chi connectivity index (χ4v) is 2.01. The first-order valence-electron chi connectivity index (χ1n) is 6.15. The topological polar surface area (TPSA) is 78.9 Å². The van der Waals surface area contributed by atoms with Gasteiger partial charge in [-0.1, -0.05) is 29.8 Å². The summed E-state index contributed by atoms with van der Waals surface area (Å²) in [4.78, 5) is 23.6. The summed E-state index contributed by atoms with van der Waals surface area (Å²) in [6.45, 7) is 0.179. The molecule has 0 aliphatic carbocycles. The van der Waals surface area contributed by atoms with E-state index in [9.17, 15) is 14.7 Å². The molecule has 1 aliphatic rings. The number of urea groups is 1. The monoisotopic (exact) mass is 298 g/mol. The maximum absolute atomic E-state index is 11.3. The van der Waals surface area contributed by atoms with Crippen LogP contribution in [0.3, 0.4) is 0 Å². The first-order chi connectivity index (χ1) is 9.58. The summed E-state index contributed by atoms with van der Waals surface area (Å²) in [5.74, 6) is -0.347. The van der Waals surface area contributed by atoms with Gasteiger partial charge in [0.25, 0.3) is 0 Å². The van der Waals surface area contributed by atoms with Gasteiger partial charge in [0.15, 0.2) is 0 Å². The lowest BCUT2D eigenvalue weighted by molar-refractivity contribution is -0.126. The first-order valence-corrected chi connectivity index (χ1v) is 6.53. The number of carbonyl (C=O) groups excluding carboxylic acids is 2. The van der Waals surface area contributed by atoms with Gasteiger partial charge in [0.05, 0.1) is 32.4 Å². The van der Waals surface area contributed by atoms with Crippen molar-refractivity contribution in [2.75, 3.05) is 19.7 Å². The zero-order valence-electron chi connectivity index (χ0n) is 10.7. The van der Waals surface area contributed by atoms with Crippen LogP contribution < -0.4 is 5.32 Å². The standard InChI is InChI=1S/C13H15ClN2O4/c14-11-4-2-1-3-9(11)7-20-8-10(17)6-16-12(18)5-15-13(16)19/h1-4,10,17H,5-8H2,(H,15,19)/t10-/m0/s1. The SMILES string of the molecule is O=C1CNC(=O)N1C[C@H](O)COCc1ccccc1Cl. The molecule has 1 saturated heterocycles. The number of aliphatic hydroxyl groups is 1. The van der Waals surface area contributed by atoms with E-state index in [1.54, 1.807) is 6.07 Å². The molecule has 6 nitrogen and oxygen atoms in total. The van der Waals surface area contributed by atoms with E-state index < -0.39 is 12.1 Å². The van der Waals surface area contributed by atoms with Crippen molar-refractivity contribution >= 4 is 23.5 Å². The number of imide groups is 1. The third-order valence-corrected chi connectivity index (χ3v) is 3.22. The molecule has 1 fully saturated rings. The molecule has 1 atom stereocenters. The predicted octanol–water partition coefficient (Wildman–Crippen LogP) is 0.769. The van der Waals surface area contributed by atoms with Gasteiger partial charge < -0.3 is 15.2 Å². The van der Waals surface area contributed by atoms with Crippen LogP contribution in [0.5, 0.6) is 0 Å². The number of halogens is 1. The number of nitrogens with zero attached hydrogens (tertiary/aromatic N) is 1. The van der Waals surface area contributed by atoms with E-state index in [0.717, 1.165) is 10.5 Å². The number of hydrogen-bond acceptors (Lipinski definition) is 4. The second kappa shape index (κ2) is 6.69. The number of ether oxygens (including phenoxy) is 1. The minimum absolute atomic E-state index is 0.0162. The summed E-state index contributed by atoms with van der Waals surface area (Å²) in [5, 5.41) is 12.7. The number of aliphatic hydroxyl groups excluding tert-OH is 1. The lowest BCUT2D eigenvalue weighted by atomic mass is 10.2. The number of β-amino-alcohol motifs (C(OH)–C–C–N with tert-alkyl or cyclic N) is 1. The Bertz CT molecular complexity index is 493. The Hall–Kier alpha value is -1.63. The molecule has 0 bridgehead atoms. The second-order valence-corrected chi connectivity index (χ2v) is 4.83. The van der Waals surface area contributed by atoms with Crippen LogP contribution in [0.25, 0.3) is 0 Å². The molecular weight excluding hydrogens is 284 g/mol. The molecule has 1 aliphatic heterocycles. The number of amides is 3. The number of hydrogen-bond donors (Lipinski definition) is 2. The molecule has 0 unspecified atom stereocenters. The number of carbonyl (C=O) groups is 2. The van der Waals surface area contributed by atoms with Crippen LogP contribution in [-0.2, 0) is 16.1 Å². The Morgan fingerprint density at radius 3 is 2.80 bits per heavy atom. The fourth-order valence-electron chi connectivity index (χ4n) is 1.82. The zero-order chi connectivity index (χ0) is 14.5. The van der Waals surface area contributed by atoms with Crippen LogP contribution in [0.15, 0.2) is 24.3 Å². The molecule has 0 radical (unpaired) electrons. The minimum atomic E-state index is -0.926. The first kappa shape index (κ1) is 14.8. The summed E-state index contributed by atoms with van der Waals surface area (Å²) < 4.78 is 5.34. The van der Waals surface area contributed by atoms with Crippen molar-refractivity contribution in [2.24, 2.45) is 0 Å². The van der Waals surface area contributed by atoms with Gasteiger partial charge in [-0.2, -0.15) is 0 Å². The quantitative estimate of drug-likeness (QED) is 0.760. The maximum atomic E-state index is 11.3. The van der Waals surface area contributed by atoms with Gasteiger partial charge in [-0.3, -0.25) is 9.69 Å². The molecule has 1 heterocycles. The second-order valence-electron chi connectivity index (χ2n) is 4.42. The Morgan fingerprint density at radius 1 is 1.40 bits per heavy atom. The average molecular weight is 299 g/mol. The number of nitrogens with one attached hydrogen (secondary N) is 1. The fraction of sp³-hybridized carbons (Fsp3) is 0.385. The molecule has 7 heteroatoms. The normalized spacial score (nSPS) is 16.4. The van der Waals surface area contributed by atoms with Gasteiger partial charge in [0.2, 0.25) is 5.91 Å². The van der Waals surface area contributed by atoms with Gasteiger partial charge in [0.1, 0.15) is 0 Å². The molecule has 0 saturated carbocycles. The third kappa shape index (κ3) is 3.69. The highest BCUT2D eigenvalue weighted by atomic mass is 35.5. The summed E-state index contributed by atoms with van der Waals surface area (Å²) >= 11 is 5.97. The summed E-state index contributed by atoms with van der Waals surface area (Å²) in [6.07, 6.45) is -0.926. The molecule has 2 rings (SSSR count). The van der Waals surface area contributed by atoms with Crippen LogP contribution >= 0.6 is 11.6 Å². The molecular formula is C13H15ClN2O4. The third-order valence-electron chi connectivity index (χ3n) is 2.86. The van der Waals surface area contributed by atoms with E-state index in [4.69, 9.17) is 16.3 Å². The Labute approximate surface area is 121 Å². The molecule has 3 amide bonds. The highest BCUT2D eigenvalue weighted by molar-refractivity contribution is 6.31. The molecule has 2 N–H and O–H groups in total. The molecule has 20 heavy (non-hydrogen) atoms. The van der Waals surface area contributed by atoms with E-state index in [-0.39, 0.29) is 32.2 Å². The van der Waals surface area contributed by atoms with E-state index >= 15 is 0 Å². The van der Waals surface area contributed by atoms with Gasteiger partial charge in [0, 0.05) is 5.02 Å². The van der Waals surface area contributed by atoms with Crippen LogP contribution in [0.4, 0.5) is 4.79 Å². The Kier molecular flexibility index (Phi) is 4.94. The van der Waals surface area contributed by atoms with Crippen molar-refractivity contribution in [2.45, 2.75) is 12.7 Å². The van der Waals surface area contributed by atoms with Crippen molar-refractivity contribution in [3.8, 4) is 0 Å². The van der Waals surface area contributed by atoms with Crippen LogP contribution in [0.2, 0.25) is 5.02 Å². The Balaban J connectivity index is 1.75. The highest BCUT2D eigenvalue weighted by Crippen LogP contribution is 2.15. The lowest BCUT2D eigenvalue weighted by Gasteiger charge is -2.17. The Morgan fingerprint density at radius 2 is 2.15 bits per heavy atom. The van der Waals surface area contributed by atoms with Crippen molar-refractivity contribution in [1.29, 1.82) is 0 Å². The van der Waals surface area contributed by atoms with Gasteiger partial charge >= 0.3 is 6.03 Å². The van der Waals surface area contributed by atoms with Crippen molar-refractivity contribution in [3.05, 3.63) is 34.9 Å². The minimum Gasteiger partial charge on any atom is -0.389 e. The maximum Gasteiger partial charge on any atom is 0.324 e. The summed E-state index contributed by atoms with van der Waals surface area (Å²) in [5.41, 5.74) is 0.816. The zero-order valence-corrected chi connectivity index (χ0v) is 11.5. The molecule has 0 aromatic heterocycles. The largest absolute Gasteiger partial charge is 0.389 e. The van der Waals surface area contributed by atoms with Crippen molar-refractivity contribution < 1.29 is 19.4 Å². The lowest BCUT2D eigenvalue weighted by Crippen LogP contribution is -2.39. The van der Waals surface area contributed by atoms with Crippen LogP contribution in [0, 0.1) is 0 Å². The van der Waals surface area contributed by atoms with Crippen LogP contribution in [-0.4, -0.2) is 47.7 Å². The molecule has 0 spiro atoms. The summed E-state index contributed by atoms with van der Waals surface area (Å²) in [7, 11) is 0. The van der Waals surface area contributed by atoms with Gasteiger partial charge in [-0.25, -0.2) is 4.79 Å². The highest BCUT2D eigenvalue weighted by Gasteiger charge is 2.30. The van der Waals surface area contributed by atoms with Gasteiger partial charge in [-0.15, -0.1) is 0 Å². The van der Waals surface area contributed by atoms with Crippen molar-refractivity contribution in [3.63, 3.8) is 0 Å².